The largest absolute Gasteiger partial charge is 0.330 e. The predicted octanol–water partition coefficient (Wildman–Crippen LogP) is 3.18. The number of piperidine rings is 1. The third kappa shape index (κ3) is 4.19. The van der Waals surface area contributed by atoms with Gasteiger partial charge in [0, 0.05) is 16.6 Å². The Hall–Kier alpha value is -0.160. The molecule has 18 heavy (non-hydrogen) atoms. The van der Waals surface area contributed by atoms with Gasteiger partial charge in [0.25, 0.3) is 0 Å². The van der Waals surface area contributed by atoms with E-state index in [1.54, 1.807) is 6.07 Å². The minimum atomic E-state index is -0.117. The third-order valence-electron chi connectivity index (χ3n) is 3.44. The van der Waals surface area contributed by atoms with Crippen molar-refractivity contribution in [3.63, 3.8) is 0 Å². The molecular weight excluding hydrogens is 319 g/mol. The molecule has 1 fully saturated rings. The Labute approximate surface area is 122 Å². The van der Waals surface area contributed by atoms with Gasteiger partial charge in [-0.1, -0.05) is 15.9 Å². The van der Waals surface area contributed by atoms with Gasteiger partial charge in [-0.25, -0.2) is 4.39 Å². The van der Waals surface area contributed by atoms with Crippen LogP contribution in [0, 0.1) is 11.7 Å². The van der Waals surface area contributed by atoms with Gasteiger partial charge in [0.15, 0.2) is 0 Å². The Morgan fingerprint density at radius 1 is 1.33 bits per heavy atom. The van der Waals surface area contributed by atoms with Crippen molar-refractivity contribution in [2.45, 2.75) is 19.4 Å². The highest BCUT2D eigenvalue weighted by atomic mass is 79.9. The first-order chi connectivity index (χ1) is 8.19. The number of nitrogens with zero attached hydrogens (tertiary/aromatic N) is 1. The number of nitrogens with two attached hydrogens (primary N) is 1. The number of rotatable bonds is 3. The molecule has 0 radical (unpaired) electrons. The molecule has 1 saturated heterocycles. The fourth-order valence-corrected chi connectivity index (χ4v) is 2.69. The van der Waals surface area contributed by atoms with Crippen LogP contribution in [0.2, 0.25) is 0 Å². The van der Waals surface area contributed by atoms with E-state index in [1.807, 2.05) is 6.07 Å². The van der Waals surface area contributed by atoms with E-state index < -0.39 is 0 Å². The fourth-order valence-electron chi connectivity index (χ4n) is 2.29. The summed E-state index contributed by atoms with van der Waals surface area (Å²) in [5, 5.41) is 0. The monoisotopic (exact) mass is 336 g/mol. The SMILES string of the molecule is Cl.NCC1CCN(Cc2cc(Br)ccc2F)CC1. The molecule has 0 amide bonds. The smallest absolute Gasteiger partial charge is 0.127 e. The summed E-state index contributed by atoms with van der Waals surface area (Å²) in [7, 11) is 0. The first-order valence-corrected chi connectivity index (χ1v) is 6.84. The highest BCUT2D eigenvalue weighted by molar-refractivity contribution is 9.10. The van der Waals surface area contributed by atoms with Gasteiger partial charge < -0.3 is 5.73 Å². The summed E-state index contributed by atoms with van der Waals surface area (Å²) in [5.41, 5.74) is 6.43. The van der Waals surface area contributed by atoms with E-state index in [0.717, 1.165) is 42.5 Å². The minimum absolute atomic E-state index is 0. The van der Waals surface area contributed by atoms with E-state index in [4.69, 9.17) is 5.73 Å². The molecule has 102 valence electrons. The topological polar surface area (TPSA) is 29.3 Å². The Kier molecular flexibility index (Phi) is 6.57. The molecule has 1 aromatic carbocycles. The average molecular weight is 338 g/mol. The van der Waals surface area contributed by atoms with Crippen molar-refractivity contribution in [1.82, 2.24) is 4.90 Å². The van der Waals surface area contributed by atoms with Gasteiger partial charge in [-0.3, -0.25) is 4.90 Å². The molecule has 5 heteroatoms. The van der Waals surface area contributed by atoms with Crippen LogP contribution in [0.25, 0.3) is 0 Å². The molecule has 0 bridgehead atoms. The second-order valence-electron chi connectivity index (χ2n) is 4.69. The molecule has 1 aliphatic rings. The van der Waals surface area contributed by atoms with Crippen molar-refractivity contribution in [3.8, 4) is 0 Å². The normalized spacial score (nSPS) is 17.5. The van der Waals surface area contributed by atoms with Gasteiger partial charge in [0.05, 0.1) is 0 Å². The number of halogens is 3. The fraction of sp³-hybridized carbons (Fsp3) is 0.538. The van der Waals surface area contributed by atoms with E-state index in [-0.39, 0.29) is 18.2 Å². The van der Waals surface area contributed by atoms with Crippen LogP contribution in [0.1, 0.15) is 18.4 Å². The molecule has 1 aromatic rings. The van der Waals surface area contributed by atoms with Crippen LogP contribution in [-0.2, 0) is 6.54 Å². The van der Waals surface area contributed by atoms with Crippen molar-refractivity contribution in [1.29, 1.82) is 0 Å². The van der Waals surface area contributed by atoms with Crippen molar-refractivity contribution >= 4 is 28.3 Å². The minimum Gasteiger partial charge on any atom is -0.330 e. The Bertz CT molecular complexity index is 381. The standard InChI is InChI=1S/C13H18BrFN2.ClH/c14-12-1-2-13(15)11(7-12)9-17-5-3-10(8-16)4-6-17;/h1-2,7,10H,3-6,8-9,16H2;1H. The van der Waals surface area contributed by atoms with Gasteiger partial charge in [0.2, 0.25) is 0 Å². The van der Waals surface area contributed by atoms with Gasteiger partial charge in [-0.15, -0.1) is 12.4 Å². The predicted molar refractivity (Wildman–Crippen MR) is 78.4 cm³/mol. The maximum atomic E-state index is 13.6. The summed E-state index contributed by atoms with van der Waals surface area (Å²) >= 11 is 3.38. The molecule has 2 N–H and O–H groups in total. The molecule has 0 saturated carbocycles. The Morgan fingerprint density at radius 2 is 2.00 bits per heavy atom. The first kappa shape index (κ1) is 15.9. The highest BCUT2D eigenvalue weighted by Gasteiger charge is 2.18. The number of likely N-dealkylation sites (tertiary alicyclic amines) is 1. The maximum Gasteiger partial charge on any atom is 0.127 e. The first-order valence-electron chi connectivity index (χ1n) is 6.05. The zero-order valence-corrected chi connectivity index (χ0v) is 12.6. The Balaban J connectivity index is 0.00000162. The van der Waals surface area contributed by atoms with Crippen LogP contribution < -0.4 is 5.73 Å². The lowest BCUT2D eigenvalue weighted by Gasteiger charge is -2.31. The number of hydrogen-bond donors (Lipinski definition) is 1. The van der Waals surface area contributed by atoms with E-state index in [2.05, 4.69) is 20.8 Å². The van der Waals surface area contributed by atoms with Crippen LogP contribution in [0.15, 0.2) is 22.7 Å². The molecule has 2 rings (SSSR count). The van der Waals surface area contributed by atoms with E-state index in [1.165, 1.54) is 6.07 Å². The van der Waals surface area contributed by atoms with Crippen molar-refractivity contribution < 1.29 is 4.39 Å². The van der Waals surface area contributed by atoms with Crippen LogP contribution in [0.5, 0.6) is 0 Å². The molecule has 2 nitrogen and oxygen atoms in total. The molecule has 0 unspecified atom stereocenters. The van der Waals surface area contributed by atoms with Crippen molar-refractivity contribution in [2.24, 2.45) is 11.7 Å². The van der Waals surface area contributed by atoms with Crippen LogP contribution in [0.4, 0.5) is 4.39 Å². The lowest BCUT2D eigenvalue weighted by molar-refractivity contribution is 0.178. The van der Waals surface area contributed by atoms with E-state index in [9.17, 15) is 4.39 Å². The summed E-state index contributed by atoms with van der Waals surface area (Å²) in [6.07, 6.45) is 2.26. The van der Waals surface area contributed by atoms with Crippen LogP contribution in [0.3, 0.4) is 0 Å². The Morgan fingerprint density at radius 3 is 2.61 bits per heavy atom. The summed E-state index contributed by atoms with van der Waals surface area (Å²) in [5.74, 6) is 0.535. The lowest BCUT2D eigenvalue weighted by Crippen LogP contribution is -2.35. The zero-order chi connectivity index (χ0) is 12.3. The number of benzene rings is 1. The average Bonchev–Trinajstić information content (AvgIpc) is 2.35. The second-order valence-corrected chi connectivity index (χ2v) is 5.61. The summed E-state index contributed by atoms with van der Waals surface area (Å²) < 4.78 is 14.5. The van der Waals surface area contributed by atoms with E-state index >= 15 is 0 Å². The quantitative estimate of drug-likeness (QED) is 0.918. The summed E-state index contributed by atoms with van der Waals surface area (Å²) in [6.45, 7) is 3.52. The lowest BCUT2D eigenvalue weighted by atomic mass is 9.97. The van der Waals surface area contributed by atoms with E-state index in [0.29, 0.717) is 12.5 Å². The van der Waals surface area contributed by atoms with Crippen molar-refractivity contribution in [3.05, 3.63) is 34.1 Å². The van der Waals surface area contributed by atoms with Crippen LogP contribution >= 0.6 is 28.3 Å². The summed E-state index contributed by atoms with van der Waals surface area (Å²) in [4.78, 5) is 2.30. The molecule has 0 aromatic heterocycles. The molecular formula is C13H19BrClFN2. The molecule has 0 atom stereocenters. The molecule has 1 heterocycles. The highest BCUT2D eigenvalue weighted by Crippen LogP contribution is 2.21. The second kappa shape index (κ2) is 7.43. The van der Waals surface area contributed by atoms with Crippen molar-refractivity contribution in [2.75, 3.05) is 19.6 Å². The molecule has 0 aliphatic carbocycles. The molecule has 1 aliphatic heterocycles. The van der Waals surface area contributed by atoms with Gasteiger partial charge in [0.1, 0.15) is 5.82 Å². The zero-order valence-electron chi connectivity index (χ0n) is 10.2. The maximum absolute atomic E-state index is 13.6. The van der Waals surface area contributed by atoms with Crippen LogP contribution in [-0.4, -0.2) is 24.5 Å². The van der Waals surface area contributed by atoms with Gasteiger partial charge >= 0.3 is 0 Å². The van der Waals surface area contributed by atoms with Gasteiger partial charge in [-0.05, 0) is 56.6 Å². The number of hydrogen-bond acceptors (Lipinski definition) is 2. The molecule has 0 spiro atoms. The third-order valence-corrected chi connectivity index (χ3v) is 3.94. The summed E-state index contributed by atoms with van der Waals surface area (Å²) in [6, 6.07) is 5.12. The van der Waals surface area contributed by atoms with Gasteiger partial charge in [-0.2, -0.15) is 0 Å².